The third kappa shape index (κ3) is 2.51. The molecule has 0 aromatic heterocycles. The average molecular weight is 265 g/mol. The highest BCUT2D eigenvalue weighted by Gasteiger charge is 2.06. The molecule has 0 radical (unpaired) electrons. The van der Waals surface area contributed by atoms with Crippen LogP contribution in [0.3, 0.4) is 0 Å². The smallest absolute Gasteiger partial charge is 0.337 e. The van der Waals surface area contributed by atoms with Gasteiger partial charge < -0.3 is 4.74 Å². The van der Waals surface area contributed by atoms with Gasteiger partial charge in [0.25, 0.3) is 0 Å². The first-order valence-electron chi connectivity index (χ1n) is 5.25. The van der Waals surface area contributed by atoms with Crippen molar-refractivity contribution in [3.63, 3.8) is 0 Å². The molecule has 0 N–H and O–H groups in total. The van der Waals surface area contributed by atoms with E-state index in [0.29, 0.717) is 5.56 Å². The summed E-state index contributed by atoms with van der Waals surface area (Å²) in [6.07, 6.45) is 0. The maximum atomic E-state index is 13.0. The van der Waals surface area contributed by atoms with Crippen LogP contribution in [-0.2, 0) is 4.74 Å². The summed E-state index contributed by atoms with van der Waals surface area (Å²) < 4.78 is 17.6. The van der Waals surface area contributed by atoms with Crippen LogP contribution in [-0.4, -0.2) is 13.1 Å². The highest BCUT2D eigenvalue weighted by molar-refractivity contribution is 6.31. The van der Waals surface area contributed by atoms with Gasteiger partial charge in [-0.15, -0.1) is 0 Å². The van der Waals surface area contributed by atoms with Gasteiger partial charge in [-0.05, 0) is 35.4 Å². The first-order chi connectivity index (χ1) is 8.61. The summed E-state index contributed by atoms with van der Waals surface area (Å²) in [6.45, 7) is 0. The molecule has 4 heteroatoms. The van der Waals surface area contributed by atoms with E-state index < -0.39 is 11.8 Å². The summed E-state index contributed by atoms with van der Waals surface area (Å²) in [5.41, 5.74) is 2.11. The predicted octanol–water partition coefficient (Wildman–Crippen LogP) is 3.93. The highest BCUT2D eigenvalue weighted by Crippen LogP contribution is 2.25. The van der Waals surface area contributed by atoms with E-state index >= 15 is 0 Å². The van der Waals surface area contributed by atoms with Gasteiger partial charge in [0.15, 0.2) is 0 Å². The molecule has 0 atom stereocenters. The number of hydrogen-bond acceptors (Lipinski definition) is 2. The van der Waals surface area contributed by atoms with E-state index in [4.69, 9.17) is 11.6 Å². The molecule has 2 nitrogen and oxygen atoms in total. The van der Waals surface area contributed by atoms with Crippen molar-refractivity contribution in [3.05, 3.63) is 58.9 Å². The summed E-state index contributed by atoms with van der Waals surface area (Å²) in [7, 11) is 1.33. The van der Waals surface area contributed by atoms with Crippen molar-refractivity contribution in [1.29, 1.82) is 0 Å². The van der Waals surface area contributed by atoms with Gasteiger partial charge in [0.1, 0.15) is 5.82 Å². The summed E-state index contributed by atoms with van der Waals surface area (Å²) in [4.78, 5) is 11.3. The molecule has 2 rings (SSSR count). The number of benzene rings is 2. The van der Waals surface area contributed by atoms with Crippen molar-refractivity contribution in [1.82, 2.24) is 0 Å². The molecule has 2 aromatic carbocycles. The number of hydrogen-bond donors (Lipinski definition) is 0. The molecule has 0 bridgehead atoms. The lowest BCUT2D eigenvalue weighted by Crippen LogP contribution is -2.00. The van der Waals surface area contributed by atoms with Gasteiger partial charge in [0.2, 0.25) is 0 Å². The molecule has 0 aliphatic rings. The first kappa shape index (κ1) is 12.6. The van der Waals surface area contributed by atoms with Crippen LogP contribution in [0.4, 0.5) is 4.39 Å². The van der Waals surface area contributed by atoms with Crippen molar-refractivity contribution in [2.24, 2.45) is 0 Å². The van der Waals surface area contributed by atoms with E-state index in [0.717, 1.165) is 11.1 Å². The first-order valence-corrected chi connectivity index (χ1v) is 5.63. The Hall–Kier alpha value is -1.87. The summed E-state index contributed by atoms with van der Waals surface area (Å²) in [5.74, 6) is -0.842. The molecule has 0 amide bonds. The largest absolute Gasteiger partial charge is 0.465 e. The van der Waals surface area contributed by atoms with Crippen LogP contribution in [0.5, 0.6) is 0 Å². The Kier molecular flexibility index (Phi) is 3.63. The predicted molar refractivity (Wildman–Crippen MR) is 68.2 cm³/mol. The highest BCUT2D eigenvalue weighted by atomic mass is 35.5. The van der Waals surface area contributed by atoms with Gasteiger partial charge in [0, 0.05) is 0 Å². The van der Waals surface area contributed by atoms with Crippen LogP contribution in [0.2, 0.25) is 5.02 Å². The number of ether oxygens (including phenoxy) is 1. The lowest BCUT2D eigenvalue weighted by molar-refractivity contribution is 0.0601. The Balaban J connectivity index is 2.34. The Labute approximate surface area is 109 Å². The number of methoxy groups -OCH3 is 1. The molecule has 92 valence electrons. The van der Waals surface area contributed by atoms with E-state index in [1.807, 2.05) is 0 Å². The summed E-state index contributed by atoms with van der Waals surface area (Å²) in [5, 5.41) is 0.0737. The number of halogens is 2. The quantitative estimate of drug-likeness (QED) is 0.768. The topological polar surface area (TPSA) is 26.3 Å². The van der Waals surface area contributed by atoms with Crippen molar-refractivity contribution in [3.8, 4) is 11.1 Å². The Morgan fingerprint density at radius 1 is 1.11 bits per heavy atom. The lowest BCUT2D eigenvalue weighted by Gasteiger charge is -2.04. The van der Waals surface area contributed by atoms with Gasteiger partial charge in [-0.2, -0.15) is 0 Å². The van der Waals surface area contributed by atoms with Crippen LogP contribution >= 0.6 is 11.6 Å². The SMILES string of the molecule is COC(=O)c1ccc(-c2ccc(F)c(Cl)c2)cc1. The molecule has 0 fully saturated rings. The fourth-order valence-electron chi connectivity index (χ4n) is 1.59. The molecule has 0 saturated heterocycles. The second-order valence-corrected chi connectivity index (χ2v) is 4.11. The van der Waals surface area contributed by atoms with Crippen LogP contribution in [0.15, 0.2) is 42.5 Å². The van der Waals surface area contributed by atoms with E-state index in [9.17, 15) is 9.18 Å². The third-order valence-corrected chi connectivity index (χ3v) is 2.85. The minimum atomic E-state index is -0.452. The number of rotatable bonds is 2. The zero-order valence-electron chi connectivity index (χ0n) is 9.61. The molecule has 0 unspecified atom stereocenters. The summed E-state index contributed by atoms with van der Waals surface area (Å²) in [6, 6.07) is 11.3. The number of esters is 1. The Morgan fingerprint density at radius 2 is 1.72 bits per heavy atom. The zero-order valence-corrected chi connectivity index (χ0v) is 10.4. The van der Waals surface area contributed by atoms with E-state index in [-0.39, 0.29) is 5.02 Å². The lowest BCUT2D eigenvalue weighted by atomic mass is 10.0. The monoisotopic (exact) mass is 264 g/mol. The van der Waals surface area contributed by atoms with Gasteiger partial charge >= 0.3 is 5.97 Å². The second-order valence-electron chi connectivity index (χ2n) is 3.70. The van der Waals surface area contributed by atoms with Gasteiger partial charge in [-0.1, -0.05) is 29.8 Å². The van der Waals surface area contributed by atoms with E-state index in [2.05, 4.69) is 4.74 Å². The van der Waals surface area contributed by atoms with Gasteiger partial charge in [-0.25, -0.2) is 9.18 Å². The number of carbonyl (C=O) groups is 1. The van der Waals surface area contributed by atoms with Crippen LogP contribution < -0.4 is 0 Å². The fraction of sp³-hybridized carbons (Fsp3) is 0.0714. The number of carbonyl (C=O) groups excluding carboxylic acids is 1. The van der Waals surface area contributed by atoms with Crippen molar-refractivity contribution >= 4 is 17.6 Å². The molecular weight excluding hydrogens is 255 g/mol. The van der Waals surface area contributed by atoms with Crippen molar-refractivity contribution in [2.75, 3.05) is 7.11 Å². The Bertz CT molecular complexity index is 579. The normalized spacial score (nSPS) is 10.2. The molecule has 18 heavy (non-hydrogen) atoms. The molecule has 0 heterocycles. The van der Waals surface area contributed by atoms with E-state index in [1.54, 1.807) is 36.4 Å². The third-order valence-electron chi connectivity index (χ3n) is 2.56. The van der Waals surface area contributed by atoms with Crippen molar-refractivity contribution < 1.29 is 13.9 Å². The molecule has 0 aliphatic heterocycles. The summed E-state index contributed by atoms with van der Waals surface area (Å²) >= 11 is 5.72. The zero-order chi connectivity index (χ0) is 13.1. The minimum Gasteiger partial charge on any atom is -0.465 e. The minimum absolute atomic E-state index is 0.0737. The Morgan fingerprint density at radius 3 is 2.28 bits per heavy atom. The molecule has 0 spiro atoms. The van der Waals surface area contributed by atoms with Gasteiger partial charge in [-0.3, -0.25) is 0 Å². The molecular formula is C14H10ClFO2. The molecule has 0 saturated carbocycles. The molecule has 0 aliphatic carbocycles. The van der Waals surface area contributed by atoms with Crippen LogP contribution in [0, 0.1) is 5.82 Å². The van der Waals surface area contributed by atoms with Crippen LogP contribution in [0.25, 0.3) is 11.1 Å². The second kappa shape index (κ2) is 5.19. The van der Waals surface area contributed by atoms with Crippen molar-refractivity contribution in [2.45, 2.75) is 0 Å². The van der Waals surface area contributed by atoms with E-state index in [1.165, 1.54) is 13.2 Å². The van der Waals surface area contributed by atoms with Gasteiger partial charge in [0.05, 0.1) is 17.7 Å². The maximum Gasteiger partial charge on any atom is 0.337 e. The van der Waals surface area contributed by atoms with Crippen LogP contribution in [0.1, 0.15) is 10.4 Å². The molecule has 2 aromatic rings. The fourth-order valence-corrected chi connectivity index (χ4v) is 1.77. The average Bonchev–Trinajstić information content (AvgIpc) is 2.41. The standard InChI is InChI=1S/C14H10ClFO2/c1-18-14(17)10-4-2-9(3-5-10)11-6-7-13(16)12(15)8-11/h2-8H,1H3. The maximum absolute atomic E-state index is 13.0.